The van der Waals surface area contributed by atoms with Gasteiger partial charge >= 0.3 is 5.69 Å². The van der Waals surface area contributed by atoms with Crippen LogP contribution in [-0.2, 0) is 24.4 Å². The maximum Gasteiger partial charge on any atom is 0.331 e. The van der Waals surface area contributed by atoms with Crippen LogP contribution in [0, 0.1) is 10.1 Å². The second kappa shape index (κ2) is 9.61. The highest BCUT2D eigenvalue weighted by Crippen LogP contribution is 2.18. The normalized spacial score (nSPS) is 10.9. The number of nitro groups is 1. The Morgan fingerprint density at radius 3 is 2.39 bits per heavy atom. The molecule has 0 radical (unpaired) electrons. The molecule has 4 rings (SSSR count). The number of nitrogens with one attached hydrogen (secondary N) is 1. The SMILES string of the molecule is O=C(CCn1c(=O)c2sccc2n(Cc2ccc([N+](=O)[O-])cc2)c1=O)NCc1ccccc1. The Morgan fingerprint density at radius 1 is 0.970 bits per heavy atom. The minimum atomic E-state index is -0.528. The van der Waals surface area contributed by atoms with Crippen molar-refractivity contribution in [1.82, 2.24) is 14.5 Å². The largest absolute Gasteiger partial charge is 0.352 e. The summed E-state index contributed by atoms with van der Waals surface area (Å²) in [6, 6.07) is 17.0. The van der Waals surface area contributed by atoms with E-state index in [2.05, 4.69) is 5.32 Å². The maximum absolute atomic E-state index is 13.2. The van der Waals surface area contributed by atoms with Gasteiger partial charge in [-0.25, -0.2) is 4.79 Å². The van der Waals surface area contributed by atoms with Crippen LogP contribution in [0.15, 0.2) is 75.6 Å². The van der Waals surface area contributed by atoms with Gasteiger partial charge in [-0.2, -0.15) is 0 Å². The first-order valence-corrected chi connectivity index (χ1v) is 11.1. The zero-order valence-corrected chi connectivity index (χ0v) is 18.3. The van der Waals surface area contributed by atoms with Crippen molar-refractivity contribution in [2.75, 3.05) is 0 Å². The predicted octanol–water partition coefficient (Wildman–Crippen LogP) is 2.89. The van der Waals surface area contributed by atoms with Crippen LogP contribution in [0.4, 0.5) is 5.69 Å². The molecule has 0 saturated heterocycles. The molecule has 33 heavy (non-hydrogen) atoms. The minimum absolute atomic E-state index is 0.0175. The van der Waals surface area contributed by atoms with Crippen LogP contribution >= 0.6 is 11.3 Å². The van der Waals surface area contributed by atoms with E-state index in [9.17, 15) is 24.5 Å². The first kappa shape index (κ1) is 22.2. The molecule has 2 aromatic heterocycles. The van der Waals surface area contributed by atoms with Crippen LogP contribution < -0.4 is 16.6 Å². The summed E-state index contributed by atoms with van der Waals surface area (Å²) in [6.45, 7) is 0.458. The van der Waals surface area contributed by atoms with E-state index in [1.165, 1.54) is 28.0 Å². The monoisotopic (exact) mass is 464 g/mol. The van der Waals surface area contributed by atoms with E-state index < -0.39 is 16.2 Å². The number of nitro benzene ring substituents is 1. The van der Waals surface area contributed by atoms with Gasteiger partial charge in [-0.15, -0.1) is 11.3 Å². The molecule has 0 aliphatic heterocycles. The number of hydrogen-bond acceptors (Lipinski definition) is 6. The summed E-state index contributed by atoms with van der Waals surface area (Å²) in [6.07, 6.45) is -0.0175. The average molecular weight is 465 g/mol. The van der Waals surface area contributed by atoms with E-state index >= 15 is 0 Å². The summed E-state index contributed by atoms with van der Waals surface area (Å²) < 4.78 is 2.95. The number of carbonyl (C=O) groups excluding carboxylic acids is 1. The third-order valence-electron chi connectivity index (χ3n) is 5.22. The van der Waals surface area contributed by atoms with Gasteiger partial charge < -0.3 is 5.32 Å². The van der Waals surface area contributed by atoms with Gasteiger partial charge in [0.1, 0.15) is 4.70 Å². The molecule has 4 aromatic rings. The number of fused-ring (bicyclic) bond motifs is 1. The standard InChI is InChI=1S/C23H20N4O5S/c28-20(24-14-16-4-2-1-3-5-16)10-12-25-22(29)21-19(11-13-33-21)26(23(25)30)15-17-6-8-18(9-7-17)27(31)32/h1-9,11,13H,10,12,14-15H2,(H,24,28). The van der Waals surface area contributed by atoms with Gasteiger partial charge in [0.2, 0.25) is 5.91 Å². The van der Waals surface area contributed by atoms with Crippen LogP contribution in [0.25, 0.3) is 10.2 Å². The fourth-order valence-electron chi connectivity index (χ4n) is 3.49. The lowest BCUT2D eigenvalue weighted by atomic mass is 10.2. The maximum atomic E-state index is 13.2. The molecular formula is C23H20N4O5S. The molecule has 0 atom stereocenters. The quantitative estimate of drug-likeness (QED) is 0.318. The van der Waals surface area contributed by atoms with Crippen LogP contribution in [0.2, 0.25) is 0 Å². The number of benzene rings is 2. The Bertz CT molecular complexity index is 1420. The summed E-state index contributed by atoms with van der Waals surface area (Å²) in [4.78, 5) is 48.7. The lowest BCUT2D eigenvalue weighted by Crippen LogP contribution is -2.40. The number of nitrogens with zero attached hydrogens (tertiary/aromatic N) is 3. The highest BCUT2D eigenvalue weighted by Gasteiger charge is 2.16. The Balaban J connectivity index is 1.56. The molecule has 0 unspecified atom stereocenters. The Morgan fingerprint density at radius 2 is 1.70 bits per heavy atom. The molecule has 0 aliphatic rings. The van der Waals surface area contributed by atoms with Crippen molar-refractivity contribution in [2.45, 2.75) is 26.1 Å². The lowest BCUT2D eigenvalue weighted by molar-refractivity contribution is -0.384. The van der Waals surface area contributed by atoms with Gasteiger partial charge in [0.05, 0.1) is 17.0 Å². The number of amides is 1. The summed E-state index contributed by atoms with van der Waals surface area (Å²) in [5, 5.41) is 15.4. The summed E-state index contributed by atoms with van der Waals surface area (Å²) >= 11 is 1.23. The third-order valence-corrected chi connectivity index (χ3v) is 6.11. The fourth-order valence-corrected chi connectivity index (χ4v) is 4.33. The van der Waals surface area contributed by atoms with Gasteiger partial charge in [-0.3, -0.25) is 28.8 Å². The van der Waals surface area contributed by atoms with Gasteiger partial charge in [0.15, 0.2) is 0 Å². The third kappa shape index (κ3) is 4.90. The van der Waals surface area contributed by atoms with E-state index in [1.54, 1.807) is 23.6 Å². The van der Waals surface area contributed by atoms with E-state index in [-0.39, 0.29) is 31.1 Å². The topological polar surface area (TPSA) is 116 Å². The minimum Gasteiger partial charge on any atom is -0.352 e. The molecule has 0 bridgehead atoms. The van der Waals surface area contributed by atoms with Crippen LogP contribution in [0.3, 0.4) is 0 Å². The number of non-ortho nitro benzene ring substituents is 1. The molecule has 0 spiro atoms. The molecule has 0 aliphatic carbocycles. The van der Waals surface area contributed by atoms with Crippen molar-refractivity contribution in [2.24, 2.45) is 0 Å². The first-order chi connectivity index (χ1) is 15.9. The van der Waals surface area contributed by atoms with Crippen LogP contribution in [-0.4, -0.2) is 20.0 Å². The van der Waals surface area contributed by atoms with Crippen LogP contribution in [0.1, 0.15) is 17.5 Å². The van der Waals surface area contributed by atoms with E-state index in [4.69, 9.17) is 0 Å². The molecule has 1 N–H and O–H groups in total. The molecule has 0 saturated carbocycles. The molecule has 9 nitrogen and oxygen atoms in total. The van der Waals surface area contributed by atoms with Crippen molar-refractivity contribution in [3.05, 3.63) is 108 Å². The fraction of sp³-hybridized carbons (Fsp3) is 0.174. The number of aromatic nitrogens is 2. The molecule has 2 heterocycles. The smallest absolute Gasteiger partial charge is 0.331 e. The Hall–Kier alpha value is -4.05. The molecule has 0 fully saturated rings. The lowest BCUT2D eigenvalue weighted by Gasteiger charge is -2.12. The van der Waals surface area contributed by atoms with Crippen LogP contribution in [0.5, 0.6) is 0 Å². The second-order valence-electron chi connectivity index (χ2n) is 7.40. The van der Waals surface area contributed by atoms with Crippen molar-refractivity contribution < 1.29 is 9.72 Å². The van der Waals surface area contributed by atoms with Crippen molar-refractivity contribution in [3.63, 3.8) is 0 Å². The molecule has 10 heteroatoms. The average Bonchev–Trinajstić information content (AvgIpc) is 3.31. The van der Waals surface area contributed by atoms with Gasteiger partial charge in [0, 0.05) is 31.6 Å². The first-order valence-electron chi connectivity index (χ1n) is 10.2. The van der Waals surface area contributed by atoms with Gasteiger partial charge in [-0.1, -0.05) is 42.5 Å². The van der Waals surface area contributed by atoms with Gasteiger partial charge in [-0.05, 0) is 22.6 Å². The Labute approximate surface area is 191 Å². The molecule has 1 amide bonds. The second-order valence-corrected chi connectivity index (χ2v) is 8.31. The van der Waals surface area contributed by atoms with E-state index in [0.29, 0.717) is 22.3 Å². The zero-order chi connectivity index (χ0) is 23.4. The number of hydrogen-bond donors (Lipinski definition) is 1. The number of carbonyl (C=O) groups is 1. The van der Waals surface area contributed by atoms with E-state index in [0.717, 1.165) is 10.1 Å². The Kier molecular flexibility index (Phi) is 6.45. The van der Waals surface area contributed by atoms with Gasteiger partial charge in [0.25, 0.3) is 11.2 Å². The van der Waals surface area contributed by atoms with Crippen molar-refractivity contribution >= 4 is 33.1 Å². The summed E-state index contributed by atoms with van der Waals surface area (Å²) in [5.41, 5.74) is 1.13. The number of rotatable bonds is 8. The van der Waals surface area contributed by atoms with E-state index in [1.807, 2.05) is 30.3 Å². The highest BCUT2D eigenvalue weighted by molar-refractivity contribution is 7.17. The summed E-state index contributed by atoms with van der Waals surface area (Å²) in [7, 11) is 0. The van der Waals surface area contributed by atoms with Crippen molar-refractivity contribution in [1.29, 1.82) is 0 Å². The zero-order valence-electron chi connectivity index (χ0n) is 17.5. The molecule has 168 valence electrons. The molecule has 2 aromatic carbocycles. The summed E-state index contributed by atoms with van der Waals surface area (Å²) in [5.74, 6) is -0.265. The van der Waals surface area contributed by atoms with Crippen molar-refractivity contribution in [3.8, 4) is 0 Å². The predicted molar refractivity (Wildman–Crippen MR) is 125 cm³/mol. The number of thiophene rings is 1. The highest BCUT2D eigenvalue weighted by atomic mass is 32.1. The molecular weight excluding hydrogens is 444 g/mol.